The molecule has 2 aromatic carbocycles. The Labute approximate surface area is 136 Å². The van der Waals surface area contributed by atoms with Crippen LogP contribution in [0.5, 0.6) is 5.75 Å². The van der Waals surface area contributed by atoms with Crippen molar-refractivity contribution in [2.45, 2.75) is 20.3 Å². The zero-order chi connectivity index (χ0) is 15.5. The normalized spacial score (nSPS) is 18.9. The van der Waals surface area contributed by atoms with E-state index in [-0.39, 0.29) is 0 Å². The number of fused-ring (bicyclic) bond motifs is 1. The fraction of sp³-hybridized carbons (Fsp3) is 0.200. The first-order valence-electron chi connectivity index (χ1n) is 7.58. The Kier molecular flexibility index (Phi) is 4.35. The maximum atomic E-state index is 6.24. The third kappa shape index (κ3) is 2.95. The van der Waals surface area contributed by atoms with Gasteiger partial charge in [-0.25, -0.2) is 0 Å². The van der Waals surface area contributed by atoms with Gasteiger partial charge >= 0.3 is 0 Å². The van der Waals surface area contributed by atoms with Crippen LogP contribution in [0.3, 0.4) is 0 Å². The van der Waals surface area contributed by atoms with Gasteiger partial charge in [0.1, 0.15) is 12.4 Å². The van der Waals surface area contributed by atoms with E-state index < -0.39 is 0 Å². The zero-order valence-electron chi connectivity index (χ0n) is 12.9. The molecule has 0 aliphatic carbocycles. The van der Waals surface area contributed by atoms with Gasteiger partial charge in [-0.2, -0.15) is 0 Å². The molecule has 0 bridgehead atoms. The second-order valence-electron chi connectivity index (χ2n) is 5.46. The van der Waals surface area contributed by atoms with Gasteiger partial charge in [-0.3, -0.25) is 0 Å². The first-order chi connectivity index (χ1) is 10.7. The Bertz CT molecular complexity index is 742. The first kappa shape index (κ1) is 14.9. The Morgan fingerprint density at radius 2 is 1.91 bits per heavy atom. The number of benzene rings is 2. The lowest BCUT2D eigenvalue weighted by molar-refractivity contribution is 0.358. The van der Waals surface area contributed by atoms with Gasteiger partial charge in [-0.1, -0.05) is 48.9 Å². The molecular weight excluding hydrogens is 292 g/mol. The van der Waals surface area contributed by atoms with Crippen LogP contribution in [-0.2, 0) is 0 Å². The van der Waals surface area contributed by atoms with E-state index in [1.54, 1.807) is 0 Å². The predicted molar refractivity (Wildman–Crippen MR) is 94.4 cm³/mol. The molecular formula is C20H19ClO. The van der Waals surface area contributed by atoms with Crippen LogP contribution in [0.4, 0.5) is 0 Å². The average Bonchev–Trinajstić information content (AvgIpc) is 2.50. The summed E-state index contributed by atoms with van der Waals surface area (Å²) in [6, 6.07) is 14.4. The topological polar surface area (TPSA) is 9.23 Å². The predicted octanol–water partition coefficient (Wildman–Crippen LogP) is 5.92. The number of aryl methyl sites for hydroxylation is 1. The fourth-order valence-corrected chi connectivity index (χ4v) is 3.15. The van der Waals surface area contributed by atoms with Crippen LogP contribution in [0.1, 0.15) is 30.0 Å². The van der Waals surface area contributed by atoms with E-state index in [0.29, 0.717) is 6.61 Å². The molecule has 2 heteroatoms. The summed E-state index contributed by atoms with van der Waals surface area (Å²) >= 11 is 6.24. The molecule has 0 atom stereocenters. The van der Waals surface area contributed by atoms with Crippen molar-refractivity contribution >= 4 is 23.3 Å². The van der Waals surface area contributed by atoms with Gasteiger partial charge < -0.3 is 4.74 Å². The maximum Gasteiger partial charge on any atom is 0.130 e. The highest BCUT2D eigenvalue weighted by molar-refractivity contribution is 6.30. The molecule has 0 saturated carbocycles. The van der Waals surface area contributed by atoms with Crippen LogP contribution < -0.4 is 4.74 Å². The number of halogens is 1. The van der Waals surface area contributed by atoms with Gasteiger partial charge in [-0.15, -0.1) is 0 Å². The fourth-order valence-electron chi connectivity index (χ4n) is 2.87. The third-order valence-corrected chi connectivity index (χ3v) is 4.16. The molecule has 1 heterocycles. The van der Waals surface area contributed by atoms with E-state index in [1.165, 1.54) is 16.7 Å². The Hall–Kier alpha value is -1.99. The van der Waals surface area contributed by atoms with Gasteiger partial charge in [0.25, 0.3) is 0 Å². The van der Waals surface area contributed by atoms with Crippen LogP contribution in [-0.4, -0.2) is 6.61 Å². The van der Waals surface area contributed by atoms with Gasteiger partial charge in [0, 0.05) is 10.6 Å². The SMILES string of the molecule is CCC1=C/COc2c(C)cc(Cl)cc2/C=C\1c1ccccc1. The molecule has 3 rings (SSSR count). The largest absolute Gasteiger partial charge is 0.489 e. The molecule has 0 amide bonds. The minimum atomic E-state index is 0.586. The molecule has 0 aromatic heterocycles. The van der Waals surface area contributed by atoms with E-state index in [0.717, 1.165) is 28.3 Å². The molecule has 0 fully saturated rings. The summed E-state index contributed by atoms with van der Waals surface area (Å²) in [6.45, 7) is 4.80. The van der Waals surface area contributed by atoms with Crippen molar-refractivity contribution in [1.29, 1.82) is 0 Å². The van der Waals surface area contributed by atoms with Crippen molar-refractivity contribution in [2.24, 2.45) is 0 Å². The van der Waals surface area contributed by atoms with Crippen molar-refractivity contribution in [3.8, 4) is 5.75 Å². The lowest BCUT2D eigenvalue weighted by Gasteiger charge is -2.19. The van der Waals surface area contributed by atoms with Gasteiger partial charge in [0.15, 0.2) is 0 Å². The smallest absolute Gasteiger partial charge is 0.130 e. The van der Waals surface area contributed by atoms with E-state index >= 15 is 0 Å². The minimum Gasteiger partial charge on any atom is -0.489 e. The van der Waals surface area contributed by atoms with E-state index in [1.807, 2.05) is 25.1 Å². The van der Waals surface area contributed by atoms with Gasteiger partial charge in [-0.05, 0) is 59.9 Å². The maximum absolute atomic E-state index is 6.24. The highest BCUT2D eigenvalue weighted by Gasteiger charge is 2.14. The molecule has 2 aromatic rings. The molecule has 22 heavy (non-hydrogen) atoms. The number of hydrogen-bond donors (Lipinski definition) is 0. The van der Waals surface area contributed by atoms with Crippen molar-refractivity contribution in [2.75, 3.05) is 6.61 Å². The second-order valence-corrected chi connectivity index (χ2v) is 5.90. The van der Waals surface area contributed by atoms with Crippen molar-refractivity contribution in [3.05, 3.63) is 75.8 Å². The number of rotatable bonds is 2. The molecule has 0 unspecified atom stereocenters. The van der Waals surface area contributed by atoms with Crippen LogP contribution in [0.15, 0.2) is 54.1 Å². The van der Waals surface area contributed by atoms with Crippen LogP contribution >= 0.6 is 11.6 Å². The Morgan fingerprint density at radius 1 is 1.14 bits per heavy atom. The molecule has 112 valence electrons. The number of allylic oxidation sites excluding steroid dienone is 2. The van der Waals surface area contributed by atoms with E-state index in [2.05, 4.69) is 43.3 Å². The Morgan fingerprint density at radius 3 is 2.64 bits per heavy atom. The molecule has 1 nitrogen and oxygen atoms in total. The average molecular weight is 311 g/mol. The summed E-state index contributed by atoms with van der Waals surface area (Å²) in [5, 5.41) is 0.742. The highest BCUT2D eigenvalue weighted by Crippen LogP contribution is 2.35. The summed E-state index contributed by atoms with van der Waals surface area (Å²) in [4.78, 5) is 0. The van der Waals surface area contributed by atoms with Gasteiger partial charge in [0.05, 0.1) is 0 Å². The lowest BCUT2D eigenvalue weighted by atomic mass is 9.92. The second kappa shape index (κ2) is 6.41. The highest BCUT2D eigenvalue weighted by atomic mass is 35.5. The van der Waals surface area contributed by atoms with E-state index in [4.69, 9.17) is 16.3 Å². The van der Waals surface area contributed by atoms with Gasteiger partial charge in [0.2, 0.25) is 0 Å². The molecule has 0 N–H and O–H groups in total. The first-order valence-corrected chi connectivity index (χ1v) is 7.96. The van der Waals surface area contributed by atoms with Crippen molar-refractivity contribution < 1.29 is 4.74 Å². The molecule has 0 saturated heterocycles. The third-order valence-electron chi connectivity index (χ3n) is 3.94. The lowest BCUT2D eigenvalue weighted by Crippen LogP contribution is -2.03. The molecule has 0 spiro atoms. The zero-order valence-corrected chi connectivity index (χ0v) is 13.7. The quantitative estimate of drug-likeness (QED) is 0.669. The minimum absolute atomic E-state index is 0.586. The summed E-state index contributed by atoms with van der Waals surface area (Å²) < 4.78 is 5.95. The summed E-state index contributed by atoms with van der Waals surface area (Å²) in [7, 11) is 0. The van der Waals surface area contributed by atoms with Crippen LogP contribution in [0.2, 0.25) is 5.02 Å². The summed E-state index contributed by atoms with van der Waals surface area (Å²) in [6.07, 6.45) is 5.34. The molecule has 1 aliphatic heterocycles. The van der Waals surface area contributed by atoms with E-state index in [9.17, 15) is 0 Å². The standard InChI is InChI=1S/C20H19ClO/c1-3-15-9-10-22-20-14(2)11-18(21)12-17(20)13-19(15)16-7-5-4-6-8-16/h4-9,11-13H,3,10H2,1-2H3/b15-9-,19-13+. The number of ether oxygens (including phenoxy) is 1. The summed E-state index contributed by atoms with van der Waals surface area (Å²) in [5.74, 6) is 0.921. The van der Waals surface area contributed by atoms with Crippen molar-refractivity contribution in [3.63, 3.8) is 0 Å². The van der Waals surface area contributed by atoms with Crippen molar-refractivity contribution in [1.82, 2.24) is 0 Å². The Balaban J connectivity index is 2.22. The molecule has 1 aliphatic rings. The number of hydrogen-bond acceptors (Lipinski definition) is 1. The monoisotopic (exact) mass is 310 g/mol. The van der Waals surface area contributed by atoms with Crippen LogP contribution in [0, 0.1) is 6.92 Å². The van der Waals surface area contributed by atoms with Crippen LogP contribution in [0.25, 0.3) is 11.6 Å². The summed E-state index contributed by atoms with van der Waals surface area (Å²) in [5.41, 5.74) is 5.88. The molecule has 0 radical (unpaired) electrons.